The molecule has 2 fully saturated rings. The van der Waals surface area contributed by atoms with Gasteiger partial charge in [0, 0.05) is 37.8 Å². The van der Waals surface area contributed by atoms with E-state index in [9.17, 15) is 0 Å². The lowest BCUT2D eigenvalue weighted by molar-refractivity contribution is 0.0436. The molecule has 0 aliphatic carbocycles. The van der Waals surface area contributed by atoms with Crippen molar-refractivity contribution in [3.8, 4) is 0 Å². The van der Waals surface area contributed by atoms with Gasteiger partial charge in [-0.2, -0.15) is 0 Å². The molecule has 0 saturated carbocycles. The monoisotopic (exact) mass is 254 g/mol. The van der Waals surface area contributed by atoms with E-state index in [2.05, 4.69) is 37.9 Å². The van der Waals surface area contributed by atoms with Crippen LogP contribution >= 0.6 is 0 Å². The summed E-state index contributed by atoms with van der Waals surface area (Å²) in [6.07, 6.45) is 2.53. The molecule has 0 radical (unpaired) electrons. The van der Waals surface area contributed by atoms with Gasteiger partial charge in [-0.25, -0.2) is 0 Å². The third-order valence-corrected chi connectivity index (χ3v) is 4.38. The lowest BCUT2D eigenvalue weighted by atomic mass is 9.92. The van der Waals surface area contributed by atoms with Gasteiger partial charge in [-0.05, 0) is 38.5 Å². The van der Waals surface area contributed by atoms with Crippen LogP contribution in [0.3, 0.4) is 0 Å². The van der Waals surface area contributed by atoms with Crippen molar-refractivity contribution in [3.05, 3.63) is 0 Å². The molecule has 0 spiro atoms. The highest BCUT2D eigenvalue weighted by Gasteiger charge is 2.35. The fourth-order valence-corrected chi connectivity index (χ4v) is 3.17. The quantitative estimate of drug-likeness (QED) is 0.832. The van der Waals surface area contributed by atoms with E-state index in [1.54, 1.807) is 0 Å². The number of hydrogen-bond acceptors (Lipinski definition) is 3. The molecule has 0 aromatic heterocycles. The van der Waals surface area contributed by atoms with Crippen LogP contribution in [0.5, 0.6) is 0 Å². The van der Waals surface area contributed by atoms with Gasteiger partial charge in [0.2, 0.25) is 0 Å². The Hall–Kier alpha value is -0.120. The third-order valence-electron chi connectivity index (χ3n) is 4.38. The lowest BCUT2D eigenvalue weighted by Crippen LogP contribution is -2.62. The molecule has 106 valence electrons. The van der Waals surface area contributed by atoms with Crippen LogP contribution in [0.1, 0.15) is 40.5 Å². The molecule has 18 heavy (non-hydrogen) atoms. The minimum absolute atomic E-state index is 0.288. The van der Waals surface area contributed by atoms with E-state index in [4.69, 9.17) is 4.74 Å². The first-order valence-electron chi connectivity index (χ1n) is 7.53. The van der Waals surface area contributed by atoms with Gasteiger partial charge in [0.15, 0.2) is 0 Å². The van der Waals surface area contributed by atoms with Crippen molar-refractivity contribution >= 4 is 0 Å². The Morgan fingerprint density at radius 2 is 2.17 bits per heavy atom. The molecular weight excluding hydrogens is 224 g/mol. The first-order valence-corrected chi connectivity index (χ1v) is 7.53. The van der Waals surface area contributed by atoms with Gasteiger partial charge in [0.05, 0.1) is 6.61 Å². The molecule has 2 saturated heterocycles. The van der Waals surface area contributed by atoms with Crippen molar-refractivity contribution in [2.75, 3.05) is 32.8 Å². The van der Waals surface area contributed by atoms with Crippen molar-refractivity contribution < 1.29 is 4.74 Å². The maximum absolute atomic E-state index is 5.52. The summed E-state index contributed by atoms with van der Waals surface area (Å²) in [5.74, 6) is 1.53. The van der Waals surface area contributed by atoms with Crippen LogP contribution in [0.4, 0.5) is 0 Å². The van der Waals surface area contributed by atoms with E-state index < -0.39 is 0 Å². The maximum atomic E-state index is 5.52. The van der Waals surface area contributed by atoms with Gasteiger partial charge in [-0.3, -0.25) is 4.90 Å². The number of rotatable bonds is 4. The summed E-state index contributed by atoms with van der Waals surface area (Å²) in [6.45, 7) is 14.8. The normalized spacial score (nSPS) is 33.2. The highest BCUT2D eigenvalue weighted by Crippen LogP contribution is 2.24. The Morgan fingerprint density at radius 3 is 2.78 bits per heavy atom. The second kappa shape index (κ2) is 5.89. The predicted octanol–water partition coefficient (Wildman–Crippen LogP) is 2.12. The molecule has 0 amide bonds. The second-order valence-electron chi connectivity index (χ2n) is 7.15. The average Bonchev–Trinajstić information content (AvgIpc) is 2.75. The summed E-state index contributed by atoms with van der Waals surface area (Å²) in [4.78, 5) is 2.69. The van der Waals surface area contributed by atoms with Crippen LogP contribution in [0.25, 0.3) is 0 Å². The Balaban J connectivity index is 1.90. The molecule has 2 rings (SSSR count). The number of ether oxygens (including phenoxy) is 1. The smallest absolute Gasteiger partial charge is 0.0507 e. The molecule has 0 bridgehead atoms. The summed E-state index contributed by atoms with van der Waals surface area (Å²) in [5.41, 5.74) is 0.288. The van der Waals surface area contributed by atoms with Gasteiger partial charge in [0.1, 0.15) is 0 Å². The molecular formula is C15H30N2O. The van der Waals surface area contributed by atoms with Crippen molar-refractivity contribution in [3.63, 3.8) is 0 Å². The van der Waals surface area contributed by atoms with Gasteiger partial charge in [-0.1, -0.05) is 13.8 Å². The molecule has 1 N–H and O–H groups in total. The number of nitrogens with zero attached hydrogens (tertiary/aromatic N) is 1. The molecule has 0 aromatic rings. The Kier molecular flexibility index (Phi) is 4.68. The van der Waals surface area contributed by atoms with Crippen LogP contribution in [-0.4, -0.2) is 49.3 Å². The maximum Gasteiger partial charge on any atom is 0.0507 e. The van der Waals surface area contributed by atoms with Gasteiger partial charge >= 0.3 is 0 Å². The molecule has 3 nitrogen and oxygen atoms in total. The van der Waals surface area contributed by atoms with Gasteiger partial charge in [-0.15, -0.1) is 0 Å². The Labute approximate surface area is 112 Å². The topological polar surface area (TPSA) is 24.5 Å². The van der Waals surface area contributed by atoms with E-state index in [0.29, 0.717) is 6.04 Å². The second-order valence-corrected chi connectivity index (χ2v) is 7.15. The van der Waals surface area contributed by atoms with Crippen LogP contribution in [-0.2, 0) is 4.74 Å². The first-order chi connectivity index (χ1) is 8.47. The van der Waals surface area contributed by atoms with Crippen molar-refractivity contribution in [1.29, 1.82) is 0 Å². The fraction of sp³-hybridized carbons (Fsp3) is 1.00. The van der Waals surface area contributed by atoms with Crippen LogP contribution in [0, 0.1) is 11.8 Å². The van der Waals surface area contributed by atoms with Crippen molar-refractivity contribution in [1.82, 2.24) is 10.2 Å². The summed E-state index contributed by atoms with van der Waals surface area (Å²) in [7, 11) is 0. The lowest BCUT2D eigenvalue weighted by Gasteiger charge is -2.47. The molecule has 2 aliphatic rings. The minimum Gasteiger partial charge on any atom is -0.381 e. The van der Waals surface area contributed by atoms with E-state index in [-0.39, 0.29) is 5.54 Å². The third kappa shape index (κ3) is 3.69. The summed E-state index contributed by atoms with van der Waals surface area (Å²) in [6, 6.07) is 0.667. The van der Waals surface area contributed by atoms with Crippen LogP contribution < -0.4 is 5.32 Å². The van der Waals surface area contributed by atoms with Crippen LogP contribution in [0.15, 0.2) is 0 Å². The highest BCUT2D eigenvalue weighted by atomic mass is 16.5. The zero-order valence-corrected chi connectivity index (χ0v) is 12.5. The SMILES string of the molecule is CC(C)CC1CN(CC2CCOC2)C(C)(C)CN1. The summed E-state index contributed by atoms with van der Waals surface area (Å²) >= 11 is 0. The largest absolute Gasteiger partial charge is 0.381 e. The molecule has 2 aliphatic heterocycles. The Morgan fingerprint density at radius 1 is 1.39 bits per heavy atom. The van der Waals surface area contributed by atoms with E-state index in [1.165, 1.54) is 25.9 Å². The Bertz CT molecular complexity index is 259. The predicted molar refractivity (Wildman–Crippen MR) is 75.8 cm³/mol. The zero-order valence-electron chi connectivity index (χ0n) is 12.5. The standard InChI is InChI=1S/C15H30N2O/c1-12(2)7-14-9-17(15(3,4)11-16-14)8-13-5-6-18-10-13/h12-14,16H,5-11H2,1-4H3. The number of piperazine rings is 1. The van der Waals surface area contributed by atoms with E-state index in [0.717, 1.165) is 31.6 Å². The molecule has 2 unspecified atom stereocenters. The van der Waals surface area contributed by atoms with Gasteiger partial charge < -0.3 is 10.1 Å². The molecule has 2 heterocycles. The molecule has 3 heteroatoms. The van der Waals surface area contributed by atoms with Crippen molar-refractivity contribution in [2.45, 2.75) is 52.1 Å². The summed E-state index contributed by atoms with van der Waals surface area (Å²) in [5, 5.41) is 3.72. The van der Waals surface area contributed by atoms with Gasteiger partial charge in [0.25, 0.3) is 0 Å². The summed E-state index contributed by atoms with van der Waals surface area (Å²) < 4.78 is 5.52. The van der Waals surface area contributed by atoms with E-state index in [1.807, 2.05) is 0 Å². The number of nitrogens with one attached hydrogen (secondary N) is 1. The molecule has 2 atom stereocenters. The first kappa shape index (κ1) is 14.3. The molecule has 0 aromatic carbocycles. The zero-order chi connectivity index (χ0) is 13.2. The average molecular weight is 254 g/mol. The van der Waals surface area contributed by atoms with Crippen molar-refractivity contribution in [2.24, 2.45) is 11.8 Å². The number of hydrogen-bond donors (Lipinski definition) is 1. The highest BCUT2D eigenvalue weighted by molar-refractivity contribution is 4.94. The van der Waals surface area contributed by atoms with Crippen LogP contribution in [0.2, 0.25) is 0 Å². The van der Waals surface area contributed by atoms with E-state index >= 15 is 0 Å². The fourth-order valence-electron chi connectivity index (χ4n) is 3.17. The minimum atomic E-state index is 0.288.